The van der Waals surface area contributed by atoms with Gasteiger partial charge in [-0.1, -0.05) is 0 Å². The Kier molecular flexibility index (Phi) is 3.73. The van der Waals surface area contributed by atoms with Crippen molar-refractivity contribution in [1.82, 2.24) is 9.97 Å². The van der Waals surface area contributed by atoms with Gasteiger partial charge in [-0.05, 0) is 55.5 Å². The molecule has 26 heavy (non-hydrogen) atoms. The van der Waals surface area contributed by atoms with Gasteiger partial charge in [0, 0.05) is 17.3 Å². The number of hydrogen-bond donors (Lipinski definition) is 3. The summed E-state index contributed by atoms with van der Waals surface area (Å²) in [7, 11) is 0. The van der Waals surface area contributed by atoms with Gasteiger partial charge in [-0.2, -0.15) is 0 Å². The molecule has 4 aromatic rings. The molecular weight excluding hydrogens is 335 g/mol. The van der Waals surface area contributed by atoms with E-state index in [0.29, 0.717) is 17.3 Å². The topological polar surface area (TPSA) is 82.3 Å². The van der Waals surface area contributed by atoms with Crippen LogP contribution in [-0.2, 0) is 0 Å². The summed E-state index contributed by atoms with van der Waals surface area (Å²) in [6, 6.07) is 14.0. The highest BCUT2D eigenvalue weighted by Gasteiger charge is 2.16. The Hall–Kier alpha value is -3.54. The van der Waals surface area contributed by atoms with E-state index in [1.54, 1.807) is 36.4 Å². The summed E-state index contributed by atoms with van der Waals surface area (Å²) < 4.78 is 19.8. The molecule has 5 nitrogen and oxygen atoms in total. The van der Waals surface area contributed by atoms with Crippen LogP contribution in [0.25, 0.3) is 34.2 Å². The van der Waals surface area contributed by atoms with E-state index in [9.17, 15) is 14.6 Å². The lowest BCUT2D eigenvalue weighted by atomic mass is 10.1. The second-order valence-corrected chi connectivity index (χ2v) is 5.93. The van der Waals surface area contributed by atoms with Crippen LogP contribution >= 0.6 is 0 Å². The molecule has 0 aliphatic rings. The van der Waals surface area contributed by atoms with Crippen molar-refractivity contribution in [2.75, 3.05) is 0 Å². The quantitative estimate of drug-likeness (QED) is 0.493. The number of phenols is 2. The predicted octanol–water partition coefficient (Wildman–Crippen LogP) is 4.86. The molecule has 6 heteroatoms. The smallest absolute Gasteiger partial charge is 0.174 e. The third kappa shape index (κ3) is 2.82. The minimum Gasteiger partial charge on any atom is -0.508 e. The van der Waals surface area contributed by atoms with Gasteiger partial charge in [-0.3, -0.25) is 0 Å². The molecular formula is C20H15FN2O3. The van der Waals surface area contributed by atoms with Crippen molar-refractivity contribution < 1.29 is 19.0 Å². The zero-order valence-electron chi connectivity index (χ0n) is 13.8. The van der Waals surface area contributed by atoms with Gasteiger partial charge in [0.15, 0.2) is 11.6 Å². The summed E-state index contributed by atoms with van der Waals surface area (Å²) in [5.41, 5.74) is 2.71. The number of phenolic OH excluding ortho intramolecular Hbond substituents is 2. The molecule has 2 heterocycles. The molecule has 0 saturated carbocycles. The number of imidazole rings is 1. The Balaban J connectivity index is 1.70. The Bertz CT molecular complexity index is 1080. The van der Waals surface area contributed by atoms with Crippen LogP contribution in [0.5, 0.6) is 11.5 Å². The van der Waals surface area contributed by atoms with Crippen LogP contribution in [0.4, 0.5) is 4.39 Å². The van der Waals surface area contributed by atoms with Crippen molar-refractivity contribution in [2.24, 2.45) is 0 Å². The lowest BCUT2D eigenvalue weighted by molar-refractivity contribution is 0.469. The number of rotatable bonds is 3. The average Bonchev–Trinajstić information content (AvgIpc) is 3.23. The maximum Gasteiger partial charge on any atom is 0.174 e. The molecule has 0 unspecified atom stereocenters. The van der Waals surface area contributed by atoms with E-state index in [1.165, 1.54) is 12.1 Å². The molecule has 0 atom stereocenters. The molecule has 0 bridgehead atoms. The van der Waals surface area contributed by atoms with E-state index in [2.05, 4.69) is 9.97 Å². The summed E-state index contributed by atoms with van der Waals surface area (Å²) >= 11 is 0. The molecule has 0 spiro atoms. The van der Waals surface area contributed by atoms with E-state index in [1.807, 2.05) is 6.92 Å². The van der Waals surface area contributed by atoms with E-state index in [4.69, 9.17) is 4.42 Å². The van der Waals surface area contributed by atoms with Crippen LogP contribution in [0.2, 0.25) is 0 Å². The zero-order valence-corrected chi connectivity index (χ0v) is 13.8. The van der Waals surface area contributed by atoms with Gasteiger partial charge in [0.1, 0.15) is 23.1 Å². The fourth-order valence-electron chi connectivity index (χ4n) is 2.79. The first-order valence-electron chi connectivity index (χ1n) is 7.96. The van der Waals surface area contributed by atoms with E-state index < -0.39 is 5.82 Å². The van der Waals surface area contributed by atoms with Gasteiger partial charge in [-0.25, -0.2) is 9.37 Å². The zero-order chi connectivity index (χ0) is 18.3. The van der Waals surface area contributed by atoms with Crippen LogP contribution in [0.3, 0.4) is 0 Å². The Morgan fingerprint density at radius 3 is 2.35 bits per heavy atom. The van der Waals surface area contributed by atoms with E-state index in [0.717, 1.165) is 23.0 Å². The van der Waals surface area contributed by atoms with Crippen LogP contribution in [0.15, 0.2) is 59.0 Å². The molecule has 2 aromatic carbocycles. The number of aromatic nitrogens is 2. The molecule has 4 rings (SSSR count). The van der Waals surface area contributed by atoms with Gasteiger partial charge in [0.2, 0.25) is 0 Å². The first kappa shape index (κ1) is 16.0. The fourth-order valence-corrected chi connectivity index (χ4v) is 2.79. The lowest BCUT2D eigenvalue weighted by Gasteiger charge is -2.00. The SMILES string of the molecule is Cc1[nH]c(-c2ccc(-c3ccc(O)cc3F)o2)nc1-c1ccc(O)cc1. The van der Waals surface area contributed by atoms with E-state index in [-0.39, 0.29) is 17.1 Å². The second kappa shape index (κ2) is 6.07. The van der Waals surface area contributed by atoms with E-state index >= 15 is 0 Å². The van der Waals surface area contributed by atoms with Crippen LogP contribution in [-0.4, -0.2) is 20.2 Å². The number of nitrogens with one attached hydrogen (secondary N) is 1. The molecule has 130 valence electrons. The highest BCUT2D eigenvalue weighted by atomic mass is 19.1. The molecule has 3 N–H and O–H groups in total. The summed E-state index contributed by atoms with van der Waals surface area (Å²) in [5, 5.41) is 18.7. The number of benzene rings is 2. The highest BCUT2D eigenvalue weighted by Crippen LogP contribution is 2.32. The van der Waals surface area contributed by atoms with Crippen molar-refractivity contribution in [1.29, 1.82) is 0 Å². The normalized spacial score (nSPS) is 11.0. The van der Waals surface area contributed by atoms with Gasteiger partial charge >= 0.3 is 0 Å². The van der Waals surface area contributed by atoms with Crippen molar-refractivity contribution in [3.8, 4) is 45.7 Å². The molecule has 0 fully saturated rings. The maximum atomic E-state index is 14.0. The summed E-state index contributed by atoms with van der Waals surface area (Å²) in [6.07, 6.45) is 0. The third-order valence-corrected chi connectivity index (χ3v) is 4.08. The third-order valence-electron chi connectivity index (χ3n) is 4.08. The van der Waals surface area contributed by atoms with Crippen molar-refractivity contribution in [2.45, 2.75) is 6.92 Å². The number of aromatic amines is 1. The van der Waals surface area contributed by atoms with Crippen LogP contribution in [0, 0.1) is 12.7 Å². The molecule has 2 aromatic heterocycles. The first-order chi connectivity index (χ1) is 12.5. The molecule has 0 aliphatic heterocycles. The fraction of sp³-hybridized carbons (Fsp3) is 0.0500. The molecule has 0 aliphatic carbocycles. The molecule has 0 radical (unpaired) electrons. The largest absolute Gasteiger partial charge is 0.508 e. The first-order valence-corrected chi connectivity index (χ1v) is 7.96. The summed E-state index contributed by atoms with van der Waals surface area (Å²) in [6.45, 7) is 1.89. The summed E-state index contributed by atoms with van der Waals surface area (Å²) in [4.78, 5) is 7.72. The maximum absolute atomic E-state index is 14.0. The Labute approximate surface area is 148 Å². The van der Waals surface area contributed by atoms with Crippen molar-refractivity contribution in [3.05, 3.63) is 66.1 Å². The van der Waals surface area contributed by atoms with Crippen LogP contribution < -0.4 is 0 Å². The number of aromatic hydroxyl groups is 2. The summed E-state index contributed by atoms with van der Waals surface area (Å²) in [5.74, 6) is 0.827. The van der Waals surface area contributed by atoms with Crippen molar-refractivity contribution in [3.63, 3.8) is 0 Å². The monoisotopic (exact) mass is 350 g/mol. The molecule has 0 amide bonds. The number of halogens is 1. The molecule has 0 saturated heterocycles. The van der Waals surface area contributed by atoms with Gasteiger partial charge in [-0.15, -0.1) is 0 Å². The number of furan rings is 1. The van der Waals surface area contributed by atoms with Gasteiger partial charge in [0.25, 0.3) is 0 Å². The lowest BCUT2D eigenvalue weighted by Crippen LogP contribution is -1.82. The van der Waals surface area contributed by atoms with Gasteiger partial charge < -0.3 is 19.6 Å². The van der Waals surface area contributed by atoms with Crippen molar-refractivity contribution >= 4 is 0 Å². The number of hydrogen-bond acceptors (Lipinski definition) is 4. The number of nitrogens with zero attached hydrogens (tertiary/aromatic N) is 1. The minimum absolute atomic E-state index is 0.141. The minimum atomic E-state index is -0.564. The van der Waals surface area contributed by atoms with Crippen LogP contribution in [0.1, 0.15) is 5.69 Å². The highest BCUT2D eigenvalue weighted by molar-refractivity contribution is 5.68. The average molecular weight is 350 g/mol. The Morgan fingerprint density at radius 1 is 0.923 bits per heavy atom. The number of aryl methyl sites for hydroxylation is 1. The predicted molar refractivity (Wildman–Crippen MR) is 95.2 cm³/mol. The van der Waals surface area contributed by atoms with Gasteiger partial charge in [0.05, 0.1) is 11.3 Å². The number of H-pyrrole nitrogens is 1. The Morgan fingerprint density at radius 2 is 1.62 bits per heavy atom. The second-order valence-electron chi connectivity index (χ2n) is 5.93. The standard InChI is InChI=1S/C20H15FN2O3/c1-11-19(12-2-4-13(24)5-3-12)23-20(22-11)18-9-8-17(26-18)15-7-6-14(25)10-16(15)21/h2-10,24-25H,1H3,(H,22,23).